The molecule has 0 spiro atoms. The summed E-state index contributed by atoms with van der Waals surface area (Å²) in [5, 5.41) is 0. The molecule has 3 nitrogen and oxygen atoms in total. The minimum absolute atomic E-state index is 0.187. The van der Waals surface area contributed by atoms with Crippen molar-refractivity contribution in [2.24, 2.45) is 5.92 Å². The van der Waals surface area contributed by atoms with Crippen molar-refractivity contribution in [3.8, 4) is 0 Å². The first kappa shape index (κ1) is 13.2. The summed E-state index contributed by atoms with van der Waals surface area (Å²) < 4.78 is 4.74. The predicted octanol–water partition coefficient (Wildman–Crippen LogP) is 2.23. The van der Waals surface area contributed by atoms with Crippen LogP contribution in [0.4, 0.5) is 0 Å². The zero-order valence-electron chi connectivity index (χ0n) is 10.7. The maximum atomic E-state index is 11.4. The maximum absolute atomic E-state index is 11.4. The van der Waals surface area contributed by atoms with Crippen LogP contribution >= 0.6 is 0 Å². The van der Waals surface area contributed by atoms with Gasteiger partial charge in [-0.05, 0) is 31.7 Å². The van der Waals surface area contributed by atoms with Gasteiger partial charge in [0, 0.05) is 18.7 Å². The van der Waals surface area contributed by atoms with Crippen LogP contribution in [-0.2, 0) is 9.53 Å². The van der Waals surface area contributed by atoms with Crippen molar-refractivity contribution < 1.29 is 9.53 Å². The lowest BCUT2D eigenvalue weighted by molar-refractivity contribution is -0.136. The molecule has 0 aromatic rings. The van der Waals surface area contributed by atoms with Gasteiger partial charge >= 0.3 is 5.97 Å². The van der Waals surface area contributed by atoms with E-state index in [2.05, 4.69) is 11.8 Å². The van der Waals surface area contributed by atoms with Gasteiger partial charge in [-0.15, -0.1) is 0 Å². The average molecular weight is 225 g/mol. The van der Waals surface area contributed by atoms with E-state index in [1.807, 2.05) is 13.0 Å². The smallest absolute Gasteiger partial charge is 0.333 e. The number of methoxy groups -OCH3 is 1. The molecule has 1 saturated heterocycles. The maximum Gasteiger partial charge on any atom is 0.333 e. The second-order valence-corrected chi connectivity index (χ2v) is 4.58. The highest BCUT2D eigenvalue weighted by Gasteiger charge is 2.15. The van der Waals surface area contributed by atoms with Crippen molar-refractivity contribution in [3.05, 3.63) is 11.6 Å². The number of nitrogens with zero attached hydrogens (tertiary/aromatic N) is 1. The Hall–Kier alpha value is -0.830. The fourth-order valence-corrected chi connectivity index (χ4v) is 2.19. The van der Waals surface area contributed by atoms with Gasteiger partial charge in [0.2, 0.25) is 0 Å². The molecule has 1 unspecified atom stereocenters. The molecule has 1 fully saturated rings. The van der Waals surface area contributed by atoms with Crippen molar-refractivity contribution in [1.82, 2.24) is 4.90 Å². The molecule has 0 aromatic carbocycles. The molecule has 0 aliphatic carbocycles. The van der Waals surface area contributed by atoms with Crippen LogP contribution in [0.5, 0.6) is 0 Å². The summed E-state index contributed by atoms with van der Waals surface area (Å²) >= 11 is 0. The first-order chi connectivity index (χ1) is 7.67. The molecule has 0 amide bonds. The molecule has 1 aliphatic heterocycles. The Morgan fingerprint density at radius 2 is 2.31 bits per heavy atom. The van der Waals surface area contributed by atoms with Crippen LogP contribution in [0.2, 0.25) is 0 Å². The molecule has 16 heavy (non-hydrogen) atoms. The van der Waals surface area contributed by atoms with E-state index in [-0.39, 0.29) is 5.97 Å². The van der Waals surface area contributed by atoms with Crippen molar-refractivity contribution in [1.29, 1.82) is 0 Å². The summed E-state index contributed by atoms with van der Waals surface area (Å²) in [6.07, 6.45) is 5.37. The third kappa shape index (κ3) is 3.97. The Bertz CT molecular complexity index is 261. The van der Waals surface area contributed by atoms with Gasteiger partial charge in [0.25, 0.3) is 0 Å². The summed E-state index contributed by atoms with van der Waals surface area (Å²) in [7, 11) is 1.44. The molecule has 0 aromatic heterocycles. The zero-order valence-corrected chi connectivity index (χ0v) is 10.7. The lowest BCUT2D eigenvalue weighted by Crippen LogP contribution is -2.34. The number of rotatable bonds is 4. The monoisotopic (exact) mass is 225 g/mol. The number of carbonyl (C=O) groups excluding carboxylic acids is 1. The van der Waals surface area contributed by atoms with E-state index in [0.29, 0.717) is 0 Å². The van der Waals surface area contributed by atoms with Crippen LogP contribution in [0.3, 0.4) is 0 Å². The molecular formula is C13H23NO2. The van der Waals surface area contributed by atoms with Crippen molar-refractivity contribution in [2.45, 2.75) is 33.1 Å². The van der Waals surface area contributed by atoms with Crippen LogP contribution in [-0.4, -0.2) is 37.6 Å². The lowest BCUT2D eigenvalue weighted by Gasteiger charge is -2.29. The highest BCUT2D eigenvalue weighted by atomic mass is 16.5. The van der Waals surface area contributed by atoms with Crippen LogP contribution in [0.15, 0.2) is 11.6 Å². The molecule has 1 rings (SSSR count). The summed E-state index contributed by atoms with van der Waals surface area (Å²) in [4.78, 5) is 13.8. The molecule has 0 radical (unpaired) electrons. The van der Waals surface area contributed by atoms with Gasteiger partial charge in [0.05, 0.1) is 7.11 Å². The van der Waals surface area contributed by atoms with E-state index in [9.17, 15) is 4.79 Å². The molecule has 0 saturated carbocycles. The second kappa shape index (κ2) is 6.69. The number of hydrogen-bond acceptors (Lipinski definition) is 3. The fraction of sp³-hybridized carbons (Fsp3) is 0.769. The summed E-state index contributed by atoms with van der Waals surface area (Å²) in [5.74, 6) is 0.595. The topological polar surface area (TPSA) is 29.5 Å². The van der Waals surface area contributed by atoms with Gasteiger partial charge in [0.1, 0.15) is 0 Å². The first-order valence-corrected chi connectivity index (χ1v) is 6.17. The second-order valence-electron chi connectivity index (χ2n) is 4.58. The third-order valence-corrected chi connectivity index (χ3v) is 3.17. The van der Waals surface area contributed by atoms with E-state index in [1.165, 1.54) is 20.0 Å². The standard InChI is InChI=1S/C13H23NO2/c1-4-12(13(15)16-3)7-9-14-8-5-6-11(2)10-14/h7,11H,4-6,8-10H2,1-3H3. The van der Waals surface area contributed by atoms with Gasteiger partial charge in [-0.3, -0.25) is 4.90 Å². The van der Waals surface area contributed by atoms with Gasteiger partial charge in [-0.2, -0.15) is 0 Å². The minimum Gasteiger partial charge on any atom is -0.466 e. The Kier molecular flexibility index (Phi) is 5.53. The highest BCUT2D eigenvalue weighted by molar-refractivity contribution is 5.88. The summed E-state index contributed by atoms with van der Waals surface area (Å²) in [6, 6.07) is 0. The number of ether oxygens (including phenoxy) is 1. The minimum atomic E-state index is -0.187. The summed E-state index contributed by atoms with van der Waals surface area (Å²) in [5.41, 5.74) is 0.792. The van der Waals surface area contributed by atoms with Crippen molar-refractivity contribution in [2.75, 3.05) is 26.7 Å². The zero-order chi connectivity index (χ0) is 12.0. The van der Waals surface area contributed by atoms with Crippen LogP contribution < -0.4 is 0 Å². The Balaban J connectivity index is 2.46. The van der Waals surface area contributed by atoms with E-state index >= 15 is 0 Å². The molecule has 1 aliphatic rings. The number of esters is 1. The normalized spacial score (nSPS) is 23.2. The largest absolute Gasteiger partial charge is 0.466 e. The SMILES string of the molecule is CCC(=CCN1CCCC(C)C1)C(=O)OC. The van der Waals surface area contributed by atoms with Crippen LogP contribution in [0, 0.1) is 5.92 Å². The Labute approximate surface area is 98.5 Å². The van der Waals surface area contributed by atoms with Crippen LogP contribution in [0.25, 0.3) is 0 Å². The van der Waals surface area contributed by atoms with Crippen molar-refractivity contribution >= 4 is 5.97 Å². The predicted molar refractivity (Wildman–Crippen MR) is 65.2 cm³/mol. The molecular weight excluding hydrogens is 202 g/mol. The van der Waals surface area contributed by atoms with Gasteiger partial charge in [-0.1, -0.05) is 19.9 Å². The van der Waals surface area contributed by atoms with Crippen LogP contribution in [0.1, 0.15) is 33.1 Å². The molecule has 1 heterocycles. The van der Waals surface area contributed by atoms with Gasteiger partial charge in [-0.25, -0.2) is 4.79 Å². The van der Waals surface area contributed by atoms with E-state index < -0.39 is 0 Å². The van der Waals surface area contributed by atoms with E-state index in [1.54, 1.807) is 0 Å². The van der Waals surface area contributed by atoms with E-state index in [4.69, 9.17) is 4.74 Å². The highest BCUT2D eigenvalue weighted by Crippen LogP contribution is 2.15. The number of carbonyl (C=O) groups is 1. The van der Waals surface area contributed by atoms with Gasteiger partial charge < -0.3 is 4.74 Å². The first-order valence-electron chi connectivity index (χ1n) is 6.17. The Morgan fingerprint density at radius 3 is 2.88 bits per heavy atom. The van der Waals surface area contributed by atoms with E-state index in [0.717, 1.165) is 37.5 Å². The van der Waals surface area contributed by atoms with Gasteiger partial charge in [0.15, 0.2) is 0 Å². The average Bonchev–Trinajstić information content (AvgIpc) is 2.29. The molecule has 92 valence electrons. The Morgan fingerprint density at radius 1 is 1.56 bits per heavy atom. The third-order valence-electron chi connectivity index (χ3n) is 3.17. The molecule has 3 heteroatoms. The lowest BCUT2D eigenvalue weighted by atomic mass is 10.0. The molecule has 1 atom stereocenters. The molecule has 0 bridgehead atoms. The summed E-state index contributed by atoms with van der Waals surface area (Å²) in [6.45, 7) is 7.45. The number of hydrogen-bond donors (Lipinski definition) is 0. The van der Waals surface area contributed by atoms with Crippen molar-refractivity contribution in [3.63, 3.8) is 0 Å². The molecule has 0 N–H and O–H groups in total. The fourth-order valence-electron chi connectivity index (χ4n) is 2.19. The number of likely N-dealkylation sites (tertiary alicyclic amines) is 1. The quantitative estimate of drug-likeness (QED) is 0.543. The number of piperidine rings is 1.